The molecule has 1 fully saturated rings. The molecule has 0 aromatic heterocycles. The predicted molar refractivity (Wildman–Crippen MR) is 160 cm³/mol. The molecule has 244 valence electrons. The lowest BCUT2D eigenvalue weighted by Crippen LogP contribution is -2.60. The van der Waals surface area contributed by atoms with E-state index in [1.165, 1.54) is 20.3 Å². The van der Waals surface area contributed by atoms with Gasteiger partial charge in [0.2, 0.25) is 11.8 Å². The number of likely N-dealkylation sites (tertiary alicyclic amines) is 1. The van der Waals surface area contributed by atoms with Gasteiger partial charge in [-0.05, 0) is 42.7 Å². The van der Waals surface area contributed by atoms with Crippen LogP contribution in [0.15, 0.2) is 53.1 Å². The highest BCUT2D eigenvalue weighted by molar-refractivity contribution is 6.14. The summed E-state index contributed by atoms with van der Waals surface area (Å²) in [6.07, 6.45) is 1.41. The Morgan fingerprint density at radius 2 is 1.61 bits per heavy atom. The molecule has 12 heteroatoms. The van der Waals surface area contributed by atoms with Crippen LogP contribution in [0.25, 0.3) is 0 Å². The summed E-state index contributed by atoms with van der Waals surface area (Å²) in [5, 5.41) is 3.02. The van der Waals surface area contributed by atoms with E-state index in [9.17, 15) is 28.8 Å². The second-order valence-electron chi connectivity index (χ2n) is 12.8. The van der Waals surface area contributed by atoms with Crippen LogP contribution in [0.1, 0.15) is 44.0 Å². The van der Waals surface area contributed by atoms with Gasteiger partial charge in [0.15, 0.2) is 5.78 Å². The van der Waals surface area contributed by atoms with Crippen LogP contribution in [0.5, 0.6) is 0 Å². The lowest BCUT2D eigenvalue weighted by molar-refractivity contribution is -0.151. The van der Waals surface area contributed by atoms with Crippen LogP contribution in [-0.2, 0) is 43.0 Å². The number of fused-ring (bicyclic) bond motifs is 2. The molecule has 0 spiro atoms. The number of amides is 3. The monoisotopic (exact) mass is 634 g/mol. The number of benzene rings is 1. The lowest BCUT2D eigenvalue weighted by Gasteiger charge is -2.41. The van der Waals surface area contributed by atoms with Gasteiger partial charge in [-0.2, -0.15) is 0 Å². The molecule has 1 N–H and O–H groups in total. The van der Waals surface area contributed by atoms with E-state index >= 15 is 4.79 Å². The largest absolute Gasteiger partial charge is 0.469 e. The smallest absolute Gasteiger partial charge is 0.333 e. The van der Waals surface area contributed by atoms with Crippen molar-refractivity contribution in [1.82, 2.24) is 10.2 Å². The molecule has 12 nitrogen and oxygen atoms in total. The summed E-state index contributed by atoms with van der Waals surface area (Å²) in [6.45, 7) is 4.84. The van der Waals surface area contributed by atoms with Crippen molar-refractivity contribution in [3.63, 3.8) is 0 Å². The molecule has 0 radical (unpaired) electrons. The van der Waals surface area contributed by atoms with Gasteiger partial charge >= 0.3 is 17.9 Å². The number of imide groups is 1. The van der Waals surface area contributed by atoms with Gasteiger partial charge in [-0.25, -0.2) is 4.79 Å². The first-order valence-electron chi connectivity index (χ1n) is 15.3. The third-order valence-electron chi connectivity index (χ3n) is 9.86. The minimum Gasteiger partial charge on any atom is -0.469 e. The maximum atomic E-state index is 15.0. The number of nitrogens with zero attached hydrogens (tertiary/aromatic N) is 1. The quantitative estimate of drug-likeness (QED) is 0.254. The van der Waals surface area contributed by atoms with Crippen molar-refractivity contribution in [1.29, 1.82) is 0 Å². The van der Waals surface area contributed by atoms with Crippen molar-refractivity contribution < 1.29 is 47.8 Å². The number of rotatable bonds is 8. The third-order valence-corrected chi connectivity index (χ3v) is 9.86. The average Bonchev–Trinajstić information content (AvgIpc) is 3.32. The van der Waals surface area contributed by atoms with Crippen molar-refractivity contribution >= 4 is 41.4 Å². The molecular formula is C34H38N2O10. The van der Waals surface area contributed by atoms with Crippen LogP contribution in [-0.4, -0.2) is 79.7 Å². The minimum atomic E-state index is -1.68. The van der Waals surface area contributed by atoms with Gasteiger partial charge in [0.05, 0.1) is 39.1 Å². The Hall–Kier alpha value is -4.61. The van der Waals surface area contributed by atoms with E-state index in [-0.39, 0.29) is 29.9 Å². The Labute approximate surface area is 266 Å². The molecule has 0 unspecified atom stereocenters. The molecule has 7 atom stereocenters. The normalized spacial score (nSPS) is 29.9. The minimum absolute atomic E-state index is 0.0735. The number of esters is 3. The summed E-state index contributed by atoms with van der Waals surface area (Å²) < 4.78 is 15.0. The first-order chi connectivity index (χ1) is 21.8. The number of ether oxygens (including phenoxy) is 3. The zero-order chi connectivity index (χ0) is 33.7. The lowest BCUT2D eigenvalue weighted by atomic mass is 9.62. The van der Waals surface area contributed by atoms with Crippen LogP contribution >= 0.6 is 0 Å². The fraction of sp³-hybridized carbons (Fsp3) is 0.500. The summed E-state index contributed by atoms with van der Waals surface area (Å²) in [7, 11) is 3.53. The molecule has 4 aliphatic rings. The van der Waals surface area contributed by atoms with Crippen molar-refractivity contribution in [2.24, 2.45) is 41.4 Å². The molecule has 0 saturated carbocycles. The maximum Gasteiger partial charge on any atom is 0.333 e. The van der Waals surface area contributed by atoms with Crippen molar-refractivity contribution in [3.8, 4) is 0 Å². The Balaban J connectivity index is 1.77. The summed E-state index contributed by atoms with van der Waals surface area (Å²) in [6, 6.07) is 8.34. The van der Waals surface area contributed by atoms with Crippen LogP contribution in [0, 0.1) is 41.4 Å². The second-order valence-corrected chi connectivity index (χ2v) is 12.8. The molecule has 3 aliphatic carbocycles. The van der Waals surface area contributed by atoms with Gasteiger partial charge in [0.1, 0.15) is 12.1 Å². The van der Waals surface area contributed by atoms with E-state index in [1.54, 1.807) is 37.3 Å². The van der Waals surface area contributed by atoms with E-state index in [2.05, 4.69) is 5.32 Å². The first kappa shape index (κ1) is 32.8. The second kappa shape index (κ2) is 12.3. The van der Waals surface area contributed by atoms with Gasteiger partial charge in [0, 0.05) is 22.6 Å². The summed E-state index contributed by atoms with van der Waals surface area (Å²) in [5.74, 6) is -10.8. The van der Waals surface area contributed by atoms with Gasteiger partial charge < -0.3 is 19.5 Å². The first-order valence-corrected chi connectivity index (χ1v) is 15.3. The van der Waals surface area contributed by atoms with Crippen LogP contribution in [0.3, 0.4) is 0 Å². The van der Waals surface area contributed by atoms with Gasteiger partial charge in [-0.3, -0.25) is 33.7 Å². The summed E-state index contributed by atoms with van der Waals surface area (Å²) >= 11 is 0. The Morgan fingerprint density at radius 1 is 0.957 bits per heavy atom. The Morgan fingerprint density at radius 3 is 2.20 bits per heavy atom. The number of nitrogens with one attached hydrogen (secondary N) is 1. The number of carbonyl (C=O) groups excluding carboxylic acids is 7. The highest BCUT2D eigenvalue weighted by atomic mass is 16.5. The van der Waals surface area contributed by atoms with Crippen molar-refractivity contribution in [2.75, 3.05) is 27.9 Å². The predicted octanol–water partition coefficient (Wildman–Crippen LogP) is 2.03. The number of hydrogen-bond acceptors (Lipinski definition) is 10. The van der Waals surface area contributed by atoms with E-state index < -0.39 is 89.0 Å². The number of methoxy groups -OCH3 is 3. The third kappa shape index (κ3) is 5.03. The Bertz CT molecular complexity index is 1580. The fourth-order valence-electron chi connectivity index (χ4n) is 8.18. The zero-order valence-electron chi connectivity index (χ0n) is 26.7. The fourth-order valence-corrected chi connectivity index (χ4v) is 8.18. The average molecular weight is 635 g/mol. The van der Waals surface area contributed by atoms with Crippen molar-refractivity contribution in [2.45, 2.75) is 39.2 Å². The SMILES string of the molecule is COC(=O)CN1C(=O)[C@@H]2[C@H](C1=O)[C@@H]1CC(C(=O)OC)=C[C@@H](C(=O)OC)[C@@H]3C1=C(C(=O)[C@@]3(CC(C)C)NC(=O)c1ccccc1)[C@@H]2C. The molecule has 1 heterocycles. The van der Waals surface area contributed by atoms with E-state index in [0.717, 1.165) is 12.0 Å². The summed E-state index contributed by atoms with van der Waals surface area (Å²) in [5.41, 5.74) is -0.624. The number of ketones is 1. The van der Waals surface area contributed by atoms with Gasteiger partial charge in [0.25, 0.3) is 5.91 Å². The molecule has 0 bridgehead atoms. The molecule has 1 aromatic rings. The zero-order valence-corrected chi connectivity index (χ0v) is 26.7. The molecular weight excluding hydrogens is 596 g/mol. The number of hydrogen-bond donors (Lipinski definition) is 1. The molecule has 3 amide bonds. The van der Waals surface area contributed by atoms with E-state index in [0.29, 0.717) is 11.1 Å². The topological polar surface area (TPSA) is 162 Å². The standard InChI is InChI=1S/C34H38N2O10/c1-16(2)14-34(35-29(39)18-10-8-7-9-11-18)27-21(33(43)46-6)13-19(32(42)45-5)12-20-25(27)23(28(34)38)17(3)24-26(20)31(41)36(30(24)40)15-22(37)44-4/h7-11,13,16-17,20-21,24,26-27H,12,14-15H2,1-6H3,(H,35,39)/t17-,20+,21+,24-,26+,27+,34-/m0/s1. The molecule has 1 aliphatic heterocycles. The molecule has 1 saturated heterocycles. The van der Waals surface area contributed by atoms with Crippen LogP contribution in [0.4, 0.5) is 0 Å². The molecule has 5 rings (SSSR count). The van der Waals surface area contributed by atoms with Crippen LogP contribution in [0.2, 0.25) is 0 Å². The highest BCUT2D eigenvalue weighted by Crippen LogP contribution is 2.61. The van der Waals surface area contributed by atoms with Gasteiger partial charge in [-0.1, -0.05) is 50.6 Å². The number of Topliss-reactive ketones (excluding diaryl/α,β-unsaturated/α-hetero) is 1. The molecule has 1 aromatic carbocycles. The Kier molecular flexibility index (Phi) is 8.76. The highest BCUT2D eigenvalue weighted by Gasteiger charge is 2.68. The molecule has 46 heavy (non-hydrogen) atoms. The van der Waals surface area contributed by atoms with Crippen LogP contribution < -0.4 is 5.32 Å². The van der Waals surface area contributed by atoms with E-state index in [1.807, 2.05) is 13.8 Å². The van der Waals surface area contributed by atoms with E-state index in [4.69, 9.17) is 14.2 Å². The maximum absolute atomic E-state index is 15.0. The number of carbonyl (C=O) groups is 7. The van der Waals surface area contributed by atoms with Gasteiger partial charge in [-0.15, -0.1) is 0 Å². The van der Waals surface area contributed by atoms with Crippen molar-refractivity contribution in [3.05, 3.63) is 58.7 Å². The summed E-state index contributed by atoms with van der Waals surface area (Å²) in [4.78, 5) is 96.7.